The molecule has 2 heterocycles. The quantitative estimate of drug-likeness (QED) is 0.806. The Balaban J connectivity index is 1.70. The minimum atomic E-state index is -2.56. The van der Waals surface area contributed by atoms with Crippen molar-refractivity contribution in [3.8, 4) is 11.5 Å². The SMILES string of the molecule is FC(F)n1ccnc1CSc1ccc2c(c1)OCCCO2. The fourth-order valence-electron chi connectivity index (χ4n) is 2.01. The van der Waals surface area contributed by atoms with E-state index in [1.165, 1.54) is 24.2 Å². The molecule has 0 spiro atoms. The summed E-state index contributed by atoms with van der Waals surface area (Å²) in [7, 11) is 0. The van der Waals surface area contributed by atoms with Crippen molar-refractivity contribution in [3.63, 3.8) is 0 Å². The summed E-state index contributed by atoms with van der Waals surface area (Å²) in [5.41, 5.74) is 0. The molecular formula is C14H14F2N2O2S. The van der Waals surface area contributed by atoms with Gasteiger partial charge in [0, 0.05) is 23.7 Å². The third kappa shape index (κ3) is 3.29. The van der Waals surface area contributed by atoms with Crippen molar-refractivity contribution in [2.45, 2.75) is 23.6 Å². The molecule has 0 aliphatic carbocycles. The number of imidazole rings is 1. The number of fused-ring (bicyclic) bond motifs is 1. The van der Waals surface area contributed by atoms with E-state index in [0.717, 1.165) is 21.6 Å². The zero-order valence-electron chi connectivity index (χ0n) is 11.2. The van der Waals surface area contributed by atoms with Gasteiger partial charge in [0.1, 0.15) is 5.82 Å². The maximum absolute atomic E-state index is 12.7. The fourth-order valence-corrected chi connectivity index (χ4v) is 2.89. The molecule has 112 valence electrons. The Hall–Kier alpha value is -1.76. The Bertz CT molecular complexity index is 619. The fraction of sp³-hybridized carbons (Fsp3) is 0.357. The minimum absolute atomic E-state index is 0.349. The maximum atomic E-state index is 12.7. The molecule has 0 bridgehead atoms. The molecule has 1 aromatic heterocycles. The van der Waals surface area contributed by atoms with Gasteiger partial charge in [0.15, 0.2) is 11.5 Å². The van der Waals surface area contributed by atoms with E-state index in [9.17, 15) is 8.78 Å². The first-order valence-electron chi connectivity index (χ1n) is 6.56. The van der Waals surface area contributed by atoms with Crippen LogP contribution in [0.4, 0.5) is 8.78 Å². The zero-order chi connectivity index (χ0) is 14.7. The maximum Gasteiger partial charge on any atom is 0.319 e. The molecule has 3 rings (SSSR count). The predicted octanol–water partition coefficient (Wildman–Crippen LogP) is 3.73. The first-order chi connectivity index (χ1) is 10.2. The molecular weight excluding hydrogens is 298 g/mol. The van der Waals surface area contributed by atoms with Gasteiger partial charge in [0.05, 0.1) is 19.0 Å². The number of halogens is 2. The number of thioether (sulfide) groups is 1. The summed E-state index contributed by atoms with van der Waals surface area (Å²) in [4.78, 5) is 4.89. The lowest BCUT2D eigenvalue weighted by atomic mass is 10.3. The topological polar surface area (TPSA) is 36.3 Å². The molecule has 2 aromatic rings. The summed E-state index contributed by atoms with van der Waals surface area (Å²) in [6.45, 7) is -1.30. The summed E-state index contributed by atoms with van der Waals surface area (Å²) in [6, 6.07) is 5.62. The molecule has 0 N–H and O–H groups in total. The summed E-state index contributed by atoms with van der Waals surface area (Å²) in [5, 5.41) is 0. The number of alkyl halides is 2. The number of benzene rings is 1. The van der Waals surface area contributed by atoms with Crippen molar-refractivity contribution >= 4 is 11.8 Å². The van der Waals surface area contributed by atoms with Gasteiger partial charge in [-0.05, 0) is 18.2 Å². The van der Waals surface area contributed by atoms with E-state index < -0.39 is 6.55 Å². The highest BCUT2D eigenvalue weighted by Gasteiger charge is 2.13. The minimum Gasteiger partial charge on any atom is -0.490 e. The average molecular weight is 312 g/mol. The smallest absolute Gasteiger partial charge is 0.319 e. The van der Waals surface area contributed by atoms with Crippen LogP contribution >= 0.6 is 11.8 Å². The van der Waals surface area contributed by atoms with Gasteiger partial charge in [-0.25, -0.2) is 4.98 Å². The summed E-state index contributed by atoms with van der Waals surface area (Å²) < 4.78 is 37.5. The van der Waals surface area contributed by atoms with Crippen LogP contribution in [0.2, 0.25) is 0 Å². The normalized spacial score (nSPS) is 14.2. The van der Waals surface area contributed by atoms with Crippen LogP contribution in [0, 0.1) is 0 Å². The van der Waals surface area contributed by atoms with E-state index in [0.29, 0.717) is 30.5 Å². The molecule has 7 heteroatoms. The Morgan fingerprint density at radius 2 is 2.05 bits per heavy atom. The third-order valence-corrected chi connectivity index (χ3v) is 4.04. The second-order valence-corrected chi connectivity index (χ2v) is 5.52. The van der Waals surface area contributed by atoms with Crippen molar-refractivity contribution in [2.75, 3.05) is 13.2 Å². The molecule has 0 amide bonds. The first-order valence-corrected chi connectivity index (χ1v) is 7.55. The van der Waals surface area contributed by atoms with Crippen LogP contribution in [-0.4, -0.2) is 22.8 Å². The monoisotopic (exact) mass is 312 g/mol. The van der Waals surface area contributed by atoms with Gasteiger partial charge >= 0.3 is 6.55 Å². The van der Waals surface area contributed by atoms with Crippen LogP contribution in [0.3, 0.4) is 0 Å². The van der Waals surface area contributed by atoms with Crippen LogP contribution in [-0.2, 0) is 5.75 Å². The largest absolute Gasteiger partial charge is 0.490 e. The van der Waals surface area contributed by atoms with Gasteiger partial charge in [-0.1, -0.05) is 0 Å². The van der Waals surface area contributed by atoms with Gasteiger partial charge in [0.2, 0.25) is 0 Å². The Kier molecular flexibility index (Phi) is 4.28. The van der Waals surface area contributed by atoms with Gasteiger partial charge < -0.3 is 9.47 Å². The number of nitrogens with zero attached hydrogens (tertiary/aromatic N) is 2. The van der Waals surface area contributed by atoms with Gasteiger partial charge in [0.25, 0.3) is 0 Å². The molecule has 0 fully saturated rings. The predicted molar refractivity (Wildman–Crippen MR) is 75.1 cm³/mol. The molecule has 1 aliphatic heterocycles. The number of hydrogen-bond acceptors (Lipinski definition) is 4. The van der Waals surface area contributed by atoms with Crippen molar-refractivity contribution in [1.82, 2.24) is 9.55 Å². The van der Waals surface area contributed by atoms with Crippen molar-refractivity contribution in [2.24, 2.45) is 0 Å². The number of aromatic nitrogens is 2. The van der Waals surface area contributed by atoms with Gasteiger partial charge in [-0.2, -0.15) is 8.78 Å². The molecule has 0 radical (unpaired) electrons. The van der Waals surface area contributed by atoms with E-state index >= 15 is 0 Å². The number of rotatable bonds is 4. The van der Waals surface area contributed by atoms with Crippen LogP contribution < -0.4 is 9.47 Å². The van der Waals surface area contributed by atoms with Crippen LogP contribution in [0.5, 0.6) is 11.5 Å². The number of hydrogen-bond donors (Lipinski definition) is 0. The molecule has 0 atom stereocenters. The molecule has 1 aromatic carbocycles. The van der Waals surface area contributed by atoms with Crippen molar-refractivity contribution in [1.29, 1.82) is 0 Å². The lowest BCUT2D eigenvalue weighted by molar-refractivity contribution is 0.0678. The van der Waals surface area contributed by atoms with Crippen molar-refractivity contribution < 1.29 is 18.3 Å². The third-order valence-electron chi connectivity index (χ3n) is 3.05. The number of ether oxygens (including phenoxy) is 2. The average Bonchev–Trinajstić information content (AvgIpc) is 2.83. The Labute approximate surface area is 125 Å². The highest BCUT2D eigenvalue weighted by molar-refractivity contribution is 7.98. The van der Waals surface area contributed by atoms with E-state index in [4.69, 9.17) is 9.47 Å². The second kappa shape index (κ2) is 6.34. The van der Waals surface area contributed by atoms with Gasteiger partial charge in [-0.3, -0.25) is 4.57 Å². The highest BCUT2D eigenvalue weighted by Crippen LogP contribution is 2.34. The van der Waals surface area contributed by atoms with E-state index in [1.54, 1.807) is 0 Å². The van der Waals surface area contributed by atoms with E-state index in [1.807, 2.05) is 18.2 Å². The lowest BCUT2D eigenvalue weighted by Crippen LogP contribution is -2.02. The molecule has 21 heavy (non-hydrogen) atoms. The standard InChI is InChI=1S/C14H14F2N2O2S/c15-14(16)18-5-4-17-13(18)9-21-10-2-3-11-12(8-10)20-7-1-6-19-11/h2-5,8,14H,1,6-7,9H2. The van der Waals surface area contributed by atoms with Crippen LogP contribution in [0.15, 0.2) is 35.5 Å². The molecule has 0 saturated heterocycles. The zero-order valence-corrected chi connectivity index (χ0v) is 12.0. The van der Waals surface area contributed by atoms with Crippen LogP contribution in [0.25, 0.3) is 0 Å². The Morgan fingerprint density at radius 1 is 1.24 bits per heavy atom. The summed E-state index contributed by atoms with van der Waals surface area (Å²) in [5.74, 6) is 2.15. The summed E-state index contributed by atoms with van der Waals surface area (Å²) in [6.07, 6.45) is 3.52. The van der Waals surface area contributed by atoms with E-state index in [2.05, 4.69) is 4.98 Å². The molecule has 4 nitrogen and oxygen atoms in total. The summed E-state index contributed by atoms with van der Waals surface area (Å²) >= 11 is 1.44. The van der Waals surface area contributed by atoms with Crippen molar-refractivity contribution in [3.05, 3.63) is 36.4 Å². The van der Waals surface area contributed by atoms with E-state index in [-0.39, 0.29) is 0 Å². The molecule has 0 unspecified atom stereocenters. The molecule has 0 saturated carbocycles. The first kappa shape index (κ1) is 14.2. The Morgan fingerprint density at radius 3 is 2.86 bits per heavy atom. The highest BCUT2D eigenvalue weighted by atomic mass is 32.2. The second-order valence-electron chi connectivity index (χ2n) is 4.48. The molecule has 1 aliphatic rings. The van der Waals surface area contributed by atoms with Crippen LogP contribution in [0.1, 0.15) is 18.8 Å². The lowest BCUT2D eigenvalue weighted by Gasteiger charge is -2.09. The van der Waals surface area contributed by atoms with Gasteiger partial charge in [-0.15, -0.1) is 11.8 Å².